The zero-order chi connectivity index (χ0) is 12.2. The van der Waals surface area contributed by atoms with Gasteiger partial charge in [0.15, 0.2) is 0 Å². The Bertz CT molecular complexity index is 332. The van der Waals surface area contributed by atoms with E-state index in [4.69, 9.17) is 0 Å². The van der Waals surface area contributed by atoms with Gasteiger partial charge in [0.2, 0.25) is 0 Å². The van der Waals surface area contributed by atoms with Gasteiger partial charge in [-0.15, -0.1) is 0 Å². The molecule has 0 saturated heterocycles. The molecular weight excluding hydrogens is 196 g/mol. The number of hydrogen-bond acceptors (Lipinski definition) is 1. The van der Waals surface area contributed by atoms with Crippen LogP contribution in [0, 0.1) is 11.3 Å². The van der Waals surface area contributed by atoms with Crippen molar-refractivity contribution in [3.8, 4) is 0 Å². The minimum absolute atomic E-state index is 0.0690. The highest BCUT2D eigenvalue weighted by molar-refractivity contribution is 5.49. The third-order valence-corrected chi connectivity index (χ3v) is 2.78. The van der Waals surface area contributed by atoms with Crippen LogP contribution in [0.1, 0.15) is 33.3 Å². The lowest BCUT2D eigenvalue weighted by Crippen LogP contribution is -2.31. The van der Waals surface area contributed by atoms with Crippen LogP contribution in [-0.2, 0) is 0 Å². The number of benzene rings is 1. The second-order valence-electron chi connectivity index (χ2n) is 5.44. The largest absolute Gasteiger partial charge is 0.392 e. The SMILES string of the molecule is C[C@@H](/C=C/c1ccccc1)[C@H](O)C(C)(C)C. The molecule has 1 aromatic carbocycles. The average molecular weight is 218 g/mol. The van der Waals surface area contributed by atoms with Gasteiger partial charge >= 0.3 is 0 Å². The molecule has 1 rings (SSSR count). The number of aliphatic hydroxyl groups is 1. The molecule has 0 saturated carbocycles. The smallest absolute Gasteiger partial charge is 0.0648 e. The Morgan fingerprint density at radius 3 is 2.19 bits per heavy atom. The highest BCUT2D eigenvalue weighted by Crippen LogP contribution is 2.26. The van der Waals surface area contributed by atoms with E-state index < -0.39 is 0 Å². The van der Waals surface area contributed by atoms with Crippen LogP contribution in [-0.4, -0.2) is 11.2 Å². The summed E-state index contributed by atoms with van der Waals surface area (Å²) in [5.74, 6) is 0.167. The van der Waals surface area contributed by atoms with Crippen molar-refractivity contribution in [1.82, 2.24) is 0 Å². The standard InChI is InChI=1S/C15H22O/c1-12(14(16)15(2,3)4)10-11-13-8-6-5-7-9-13/h5-12,14,16H,1-4H3/b11-10+/t12-,14-/m0/s1. The van der Waals surface area contributed by atoms with Crippen LogP contribution in [0.2, 0.25) is 0 Å². The van der Waals surface area contributed by atoms with E-state index in [1.807, 2.05) is 18.2 Å². The summed E-state index contributed by atoms with van der Waals surface area (Å²) < 4.78 is 0. The highest BCUT2D eigenvalue weighted by Gasteiger charge is 2.25. The van der Waals surface area contributed by atoms with Crippen molar-refractivity contribution in [3.05, 3.63) is 42.0 Å². The Morgan fingerprint density at radius 1 is 1.12 bits per heavy atom. The van der Waals surface area contributed by atoms with E-state index in [2.05, 4.69) is 52.0 Å². The first-order valence-electron chi connectivity index (χ1n) is 5.82. The van der Waals surface area contributed by atoms with Crippen molar-refractivity contribution >= 4 is 6.08 Å². The summed E-state index contributed by atoms with van der Waals surface area (Å²) in [6, 6.07) is 10.2. The molecule has 0 unspecified atom stereocenters. The molecule has 0 heterocycles. The molecule has 2 atom stereocenters. The lowest BCUT2D eigenvalue weighted by molar-refractivity contribution is 0.0340. The maximum absolute atomic E-state index is 10.1. The summed E-state index contributed by atoms with van der Waals surface area (Å²) in [5.41, 5.74) is 1.11. The van der Waals surface area contributed by atoms with Crippen molar-refractivity contribution in [1.29, 1.82) is 0 Å². The molecule has 16 heavy (non-hydrogen) atoms. The molecule has 0 aliphatic rings. The van der Waals surface area contributed by atoms with Gasteiger partial charge in [-0.05, 0) is 11.0 Å². The van der Waals surface area contributed by atoms with Crippen LogP contribution in [0.15, 0.2) is 36.4 Å². The molecule has 0 amide bonds. The van der Waals surface area contributed by atoms with Crippen LogP contribution in [0.25, 0.3) is 6.08 Å². The van der Waals surface area contributed by atoms with Gasteiger partial charge in [0, 0.05) is 5.92 Å². The third kappa shape index (κ3) is 3.82. The van der Waals surface area contributed by atoms with Crippen molar-refractivity contribution in [3.63, 3.8) is 0 Å². The van der Waals surface area contributed by atoms with Gasteiger partial charge in [-0.2, -0.15) is 0 Å². The topological polar surface area (TPSA) is 20.2 Å². The highest BCUT2D eigenvalue weighted by atomic mass is 16.3. The third-order valence-electron chi connectivity index (χ3n) is 2.78. The Morgan fingerprint density at radius 2 is 1.69 bits per heavy atom. The maximum Gasteiger partial charge on any atom is 0.0648 e. The predicted octanol–water partition coefficient (Wildman–Crippen LogP) is 3.74. The van der Waals surface area contributed by atoms with Crippen molar-refractivity contribution in [2.45, 2.75) is 33.8 Å². The fourth-order valence-electron chi connectivity index (χ4n) is 1.72. The Hall–Kier alpha value is -1.08. The molecular formula is C15H22O. The van der Waals surface area contributed by atoms with Crippen LogP contribution in [0.5, 0.6) is 0 Å². The van der Waals surface area contributed by atoms with Crippen LogP contribution < -0.4 is 0 Å². The van der Waals surface area contributed by atoms with Gasteiger partial charge in [0.05, 0.1) is 6.10 Å². The Balaban J connectivity index is 2.65. The molecule has 0 aliphatic carbocycles. The van der Waals surface area contributed by atoms with Gasteiger partial charge < -0.3 is 5.11 Å². The number of rotatable bonds is 3. The lowest BCUT2D eigenvalue weighted by atomic mass is 9.82. The first-order chi connectivity index (χ1) is 7.41. The molecule has 1 heteroatoms. The number of hydrogen-bond donors (Lipinski definition) is 1. The average Bonchev–Trinajstić information content (AvgIpc) is 2.25. The summed E-state index contributed by atoms with van der Waals surface area (Å²) in [4.78, 5) is 0. The maximum atomic E-state index is 10.1. The van der Waals surface area contributed by atoms with E-state index in [1.54, 1.807) is 0 Å². The Kier molecular flexibility index (Phi) is 4.31. The molecule has 1 aromatic rings. The summed E-state index contributed by atoms with van der Waals surface area (Å²) in [5, 5.41) is 10.1. The van der Waals surface area contributed by atoms with Gasteiger partial charge in [-0.25, -0.2) is 0 Å². The zero-order valence-corrected chi connectivity index (χ0v) is 10.6. The quantitative estimate of drug-likeness (QED) is 0.819. The van der Waals surface area contributed by atoms with E-state index in [9.17, 15) is 5.11 Å². The van der Waals surface area contributed by atoms with Gasteiger partial charge in [-0.3, -0.25) is 0 Å². The Labute approximate surface area is 98.8 Å². The second-order valence-corrected chi connectivity index (χ2v) is 5.44. The van der Waals surface area contributed by atoms with Crippen LogP contribution in [0.3, 0.4) is 0 Å². The van der Waals surface area contributed by atoms with E-state index >= 15 is 0 Å². The second kappa shape index (κ2) is 5.31. The van der Waals surface area contributed by atoms with Crippen LogP contribution in [0.4, 0.5) is 0 Å². The van der Waals surface area contributed by atoms with E-state index in [0.29, 0.717) is 0 Å². The zero-order valence-electron chi connectivity index (χ0n) is 10.6. The fraction of sp³-hybridized carbons (Fsp3) is 0.467. The van der Waals surface area contributed by atoms with Gasteiger partial charge in [0.1, 0.15) is 0 Å². The minimum Gasteiger partial charge on any atom is -0.392 e. The summed E-state index contributed by atoms with van der Waals surface area (Å²) in [6.07, 6.45) is 3.83. The lowest BCUT2D eigenvalue weighted by Gasteiger charge is -2.29. The van der Waals surface area contributed by atoms with Crippen molar-refractivity contribution in [2.75, 3.05) is 0 Å². The molecule has 1 N–H and O–H groups in total. The number of aliphatic hydroxyl groups excluding tert-OH is 1. The normalized spacial score (nSPS) is 16.3. The molecule has 0 aliphatic heterocycles. The molecule has 88 valence electrons. The fourth-order valence-corrected chi connectivity index (χ4v) is 1.72. The summed E-state index contributed by atoms with van der Waals surface area (Å²) in [7, 11) is 0. The molecule has 0 bridgehead atoms. The van der Waals surface area contributed by atoms with E-state index in [1.165, 1.54) is 5.56 Å². The molecule has 0 spiro atoms. The summed E-state index contributed by atoms with van der Waals surface area (Å²) in [6.45, 7) is 8.23. The van der Waals surface area contributed by atoms with Gasteiger partial charge in [-0.1, -0.05) is 70.2 Å². The molecule has 0 fully saturated rings. The summed E-state index contributed by atoms with van der Waals surface area (Å²) >= 11 is 0. The van der Waals surface area contributed by atoms with E-state index in [-0.39, 0.29) is 17.4 Å². The first kappa shape index (κ1) is 13.0. The van der Waals surface area contributed by atoms with Crippen LogP contribution >= 0.6 is 0 Å². The monoisotopic (exact) mass is 218 g/mol. The van der Waals surface area contributed by atoms with Gasteiger partial charge in [0.25, 0.3) is 0 Å². The van der Waals surface area contributed by atoms with Crippen molar-refractivity contribution in [2.24, 2.45) is 11.3 Å². The molecule has 0 radical (unpaired) electrons. The molecule has 1 nitrogen and oxygen atoms in total. The molecule has 0 aromatic heterocycles. The van der Waals surface area contributed by atoms with E-state index in [0.717, 1.165) is 0 Å². The predicted molar refractivity (Wildman–Crippen MR) is 70.1 cm³/mol. The van der Waals surface area contributed by atoms with Crippen molar-refractivity contribution < 1.29 is 5.11 Å². The minimum atomic E-state index is -0.313. The first-order valence-corrected chi connectivity index (χ1v) is 5.82.